The predicted octanol–water partition coefficient (Wildman–Crippen LogP) is 0.769. The number of carboxylic acids is 1. The van der Waals surface area contributed by atoms with E-state index in [1.165, 1.54) is 6.20 Å². The number of carbonyl (C=O) groups is 2. The maximum Gasteiger partial charge on any atom is 0.306 e. The van der Waals surface area contributed by atoms with E-state index in [9.17, 15) is 9.59 Å². The normalized spacial score (nSPS) is 23.5. The summed E-state index contributed by atoms with van der Waals surface area (Å²) in [5.74, 6) is -1.27. The summed E-state index contributed by atoms with van der Waals surface area (Å²) in [6, 6.07) is 0. The molecule has 1 saturated carbocycles. The van der Waals surface area contributed by atoms with E-state index in [4.69, 9.17) is 5.11 Å². The van der Waals surface area contributed by atoms with Crippen molar-refractivity contribution >= 4 is 23.4 Å². The van der Waals surface area contributed by atoms with Crippen molar-refractivity contribution in [2.24, 2.45) is 11.8 Å². The molecule has 0 saturated heterocycles. The second-order valence-electron chi connectivity index (χ2n) is 4.13. The summed E-state index contributed by atoms with van der Waals surface area (Å²) >= 11 is 1.03. The van der Waals surface area contributed by atoms with Crippen LogP contribution < -0.4 is 5.32 Å². The molecule has 0 bridgehead atoms. The van der Waals surface area contributed by atoms with Crippen LogP contribution in [0.5, 0.6) is 0 Å². The molecular formula is C10H13N3O3S. The maximum absolute atomic E-state index is 11.6. The van der Waals surface area contributed by atoms with Crippen molar-refractivity contribution < 1.29 is 14.7 Å². The van der Waals surface area contributed by atoms with Crippen molar-refractivity contribution in [1.82, 2.24) is 14.9 Å². The van der Waals surface area contributed by atoms with E-state index in [-0.39, 0.29) is 17.7 Å². The molecule has 17 heavy (non-hydrogen) atoms. The third kappa shape index (κ3) is 2.79. The van der Waals surface area contributed by atoms with E-state index in [1.807, 2.05) is 0 Å². The molecule has 92 valence electrons. The van der Waals surface area contributed by atoms with Crippen LogP contribution in [-0.4, -0.2) is 33.1 Å². The summed E-state index contributed by atoms with van der Waals surface area (Å²) < 4.78 is 3.60. The molecule has 1 fully saturated rings. The molecule has 1 aliphatic rings. The van der Waals surface area contributed by atoms with Crippen molar-refractivity contribution in [3.63, 3.8) is 0 Å². The molecule has 1 heterocycles. The summed E-state index contributed by atoms with van der Waals surface area (Å²) in [7, 11) is 0. The highest BCUT2D eigenvalue weighted by atomic mass is 32.1. The minimum absolute atomic E-state index is 0.0392. The first-order chi connectivity index (χ1) is 8.18. The number of aliphatic carboxylic acids is 1. The Hall–Kier alpha value is -1.50. The van der Waals surface area contributed by atoms with Crippen LogP contribution in [0.3, 0.4) is 0 Å². The van der Waals surface area contributed by atoms with Crippen molar-refractivity contribution in [2.75, 3.05) is 6.54 Å². The number of nitrogens with one attached hydrogen (secondary N) is 1. The van der Waals surface area contributed by atoms with Gasteiger partial charge in [-0.3, -0.25) is 9.59 Å². The van der Waals surface area contributed by atoms with Gasteiger partial charge in [-0.15, -0.1) is 5.10 Å². The van der Waals surface area contributed by atoms with E-state index in [2.05, 4.69) is 14.9 Å². The number of nitrogens with zero attached hydrogens (tertiary/aromatic N) is 2. The monoisotopic (exact) mass is 255 g/mol. The molecule has 6 nitrogen and oxygen atoms in total. The first kappa shape index (κ1) is 12.0. The lowest BCUT2D eigenvalue weighted by Crippen LogP contribution is -2.32. The smallest absolute Gasteiger partial charge is 0.306 e. The summed E-state index contributed by atoms with van der Waals surface area (Å²) in [5, 5.41) is 15.3. The fraction of sp³-hybridized carbons (Fsp3) is 0.600. The molecule has 1 amide bonds. The van der Waals surface area contributed by atoms with Crippen LogP contribution in [-0.2, 0) is 4.79 Å². The topological polar surface area (TPSA) is 92.2 Å². The molecule has 0 spiro atoms. The highest BCUT2D eigenvalue weighted by Gasteiger charge is 2.32. The number of hydrogen-bond donors (Lipinski definition) is 2. The zero-order chi connectivity index (χ0) is 12.3. The lowest BCUT2D eigenvalue weighted by molar-refractivity contribution is -0.142. The quantitative estimate of drug-likeness (QED) is 0.829. The van der Waals surface area contributed by atoms with Crippen LogP contribution >= 0.6 is 11.5 Å². The third-order valence-electron chi connectivity index (χ3n) is 3.09. The molecule has 0 radical (unpaired) electrons. The molecule has 0 aliphatic heterocycles. The Morgan fingerprint density at radius 2 is 2.35 bits per heavy atom. The average Bonchev–Trinajstić information content (AvgIpc) is 2.96. The van der Waals surface area contributed by atoms with Gasteiger partial charge in [0, 0.05) is 6.54 Å². The van der Waals surface area contributed by atoms with Crippen LogP contribution in [0.2, 0.25) is 0 Å². The number of amides is 1. The van der Waals surface area contributed by atoms with Crippen molar-refractivity contribution in [3.8, 4) is 0 Å². The maximum atomic E-state index is 11.6. The summed E-state index contributed by atoms with van der Waals surface area (Å²) in [5.41, 5.74) is 0. The van der Waals surface area contributed by atoms with Crippen LogP contribution in [0.4, 0.5) is 0 Å². The SMILES string of the molecule is O=C(NCC1CCCC1C(=O)O)c1cnns1. The standard InChI is InChI=1S/C10H13N3O3S/c14-9(8-5-12-13-17-8)11-4-6-2-1-3-7(6)10(15)16/h5-7H,1-4H2,(H,11,14)(H,15,16). The zero-order valence-corrected chi connectivity index (χ0v) is 9.94. The van der Waals surface area contributed by atoms with Gasteiger partial charge in [0.2, 0.25) is 0 Å². The molecule has 2 rings (SSSR count). The van der Waals surface area contributed by atoms with E-state index in [0.717, 1.165) is 24.4 Å². The van der Waals surface area contributed by atoms with Crippen LogP contribution in [0, 0.1) is 11.8 Å². The Morgan fingerprint density at radius 3 is 3.00 bits per heavy atom. The summed E-state index contributed by atoms with van der Waals surface area (Å²) in [4.78, 5) is 23.0. The Balaban J connectivity index is 1.86. The van der Waals surface area contributed by atoms with Gasteiger partial charge in [0.25, 0.3) is 5.91 Å². The van der Waals surface area contributed by atoms with E-state index in [0.29, 0.717) is 17.8 Å². The van der Waals surface area contributed by atoms with Crippen molar-refractivity contribution in [1.29, 1.82) is 0 Å². The molecule has 7 heteroatoms. The Bertz CT molecular complexity index is 407. The van der Waals surface area contributed by atoms with E-state index in [1.54, 1.807) is 0 Å². The number of carbonyl (C=O) groups excluding carboxylic acids is 1. The first-order valence-electron chi connectivity index (χ1n) is 5.47. The van der Waals surface area contributed by atoms with Gasteiger partial charge in [0.05, 0.1) is 12.1 Å². The lowest BCUT2D eigenvalue weighted by atomic mass is 9.96. The van der Waals surface area contributed by atoms with Gasteiger partial charge in [-0.25, -0.2) is 0 Å². The second kappa shape index (κ2) is 5.22. The van der Waals surface area contributed by atoms with Crippen LogP contribution in [0.25, 0.3) is 0 Å². The lowest BCUT2D eigenvalue weighted by Gasteiger charge is -2.15. The Morgan fingerprint density at radius 1 is 1.53 bits per heavy atom. The third-order valence-corrected chi connectivity index (χ3v) is 3.75. The number of aromatic nitrogens is 2. The van der Waals surface area contributed by atoms with Gasteiger partial charge in [0.1, 0.15) is 4.88 Å². The minimum Gasteiger partial charge on any atom is -0.481 e. The molecule has 1 aliphatic carbocycles. The van der Waals surface area contributed by atoms with Crippen LogP contribution in [0.15, 0.2) is 6.20 Å². The van der Waals surface area contributed by atoms with Gasteiger partial charge in [-0.2, -0.15) is 0 Å². The Kier molecular flexibility index (Phi) is 3.68. The van der Waals surface area contributed by atoms with Gasteiger partial charge in [0.15, 0.2) is 0 Å². The van der Waals surface area contributed by atoms with Crippen molar-refractivity contribution in [2.45, 2.75) is 19.3 Å². The molecule has 2 unspecified atom stereocenters. The Labute approximate surface area is 102 Å². The number of hydrogen-bond acceptors (Lipinski definition) is 5. The van der Waals surface area contributed by atoms with E-state index >= 15 is 0 Å². The van der Waals surface area contributed by atoms with Crippen LogP contribution in [0.1, 0.15) is 28.9 Å². The molecule has 0 aromatic carbocycles. The molecule has 2 N–H and O–H groups in total. The molecule has 1 aromatic rings. The number of rotatable bonds is 4. The fourth-order valence-electron chi connectivity index (χ4n) is 2.18. The second-order valence-corrected chi connectivity index (χ2v) is 4.91. The average molecular weight is 255 g/mol. The zero-order valence-electron chi connectivity index (χ0n) is 9.13. The fourth-order valence-corrected chi connectivity index (χ4v) is 2.62. The van der Waals surface area contributed by atoms with E-state index < -0.39 is 5.97 Å². The minimum atomic E-state index is -0.763. The van der Waals surface area contributed by atoms with Gasteiger partial charge >= 0.3 is 5.97 Å². The molecular weight excluding hydrogens is 242 g/mol. The largest absolute Gasteiger partial charge is 0.481 e. The molecule has 2 atom stereocenters. The molecule has 1 aromatic heterocycles. The van der Waals surface area contributed by atoms with Gasteiger partial charge < -0.3 is 10.4 Å². The summed E-state index contributed by atoms with van der Waals surface area (Å²) in [6.45, 7) is 0.410. The highest BCUT2D eigenvalue weighted by molar-refractivity contribution is 7.07. The highest BCUT2D eigenvalue weighted by Crippen LogP contribution is 2.31. The predicted molar refractivity (Wildman–Crippen MR) is 60.7 cm³/mol. The summed E-state index contributed by atoms with van der Waals surface area (Å²) in [6.07, 6.45) is 3.89. The first-order valence-corrected chi connectivity index (χ1v) is 6.24. The number of carboxylic acid groups (broad SMARTS) is 1. The van der Waals surface area contributed by atoms with Crippen molar-refractivity contribution in [3.05, 3.63) is 11.1 Å². The van der Waals surface area contributed by atoms with Gasteiger partial charge in [-0.1, -0.05) is 10.9 Å². The van der Waals surface area contributed by atoms with Gasteiger partial charge in [-0.05, 0) is 30.3 Å².